The minimum Gasteiger partial charge on any atom is -0.254 e. The Morgan fingerprint density at radius 3 is 2.55 bits per heavy atom. The van der Waals surface area contributed by atoms with E-state index in [9.17, 15) is 12.8 Å². The molecular formula is C13H8FIN2O2S. The summed E-state index contributed by atoms with van der Waals surface area (Å²) in [6.45, 7) is 0. The SMILES string of the molecule is O=S(=O)(c1ccccc1)n1c(I)cc2nccc(F)c21. The highest BCUT2D eigenvalue weighted by Gasteiger charge is 2.24. The van der Waals surface area contributed by atoms with Crippen LogP contribution in [0.25, 0.3) is 11.0 Å². The summed E-state index contributed by atoms with van der Waals surface area (Å²) in [4.78, 5) is 4.11. The molecule has 3 aromatic rings. The summed E-state index contributed by atoms with van der Waals surface area (Å²) in [6.07, 6.45) is 1.31. The predicted molar refractivity (Wildman–Crippen MR) is 81.4 cm³/mol. The lowest BCUT2D eigenvalue weighted by Gasteiger charge is -2.09. The molecule has 0 amide bonds. The third-order valence-corrected chi connectivity index (χ3v) is 5.69. The van der Waals surface area contributed by atoms with Crippen LogP contribution in [0.1, 0.15) is 0 Å². The van der Waals surface area contributed by atoms with E-state index in [-0.39, 0.29) is 10.4 Å². The summed E-state index contributed by atoms with van der Waals surface area (Å²) < 4.78 is 40.6. The van der Waals surface area contributed by atoms with Crippen molar-refractivity contribution in [1.29, 1.82) is 0 Å². The van der Waals surface area contributed by atoms with Crippen LogP contribution in [0.2, 0.25) is 0 Å². The van der Waals surface area contributed by atoms with E-state index in [1.165, 1.54) is 18.3 Å². The molecule has 20 heavy (non-hydrogen) atoms. The van der Waals surface area contributed by atoms with Crippen LogP contribution in [-0.2, 0) is 10.0 Å². The first-order chi connectivity index (χ1) is 9.51. The van der Waals surface area contributed by atoms with Crippen molar-refractivity contribution >= 4 is 43.6 Å². The summed E-state index contributed by atoms with van der Waals surface area (Å²) in [5.41, 5.74) is 0.287. The summed E-state index contributed by atoms with van der Waals surface area (Å²) in [5.74, 6) is -0.613. The van der Waals surface area contributed by atoms with E-state index < -0.39 is 15.8 Å². The van der Waals surface area contributed by atoms with Gasteiger partial charge in [-0.05, 0) is 46.9 Å². The van der Waals surface area contributed by atoms with Gasteiger partial charge in [0.1, 0.15) is 5.52 Å². The molecule has 0 aliphatic rings. The van der Waals surface area contributed by atoms with Crippen molar-refractivity contribution < 1.29 is 12.8 Å². The number of fused-ring (bicyclic) bond motifs is 1. The van der Waals surface area contributed by atoms with Crippen molar-refractivity contribution in [1.82, 2.24) is 8.96 Å². The van der Waals surface area contributed by atoms with Crippen LogP contribution >= 0.6 is 22.6 Å². The highest BCUT2D eigenvalue weighted by Crippen LogP contribution is 2.27. The molecule has 102 valence electrons. The Morgan fingerprint density at radius 1 is 1.15 bits per heavy atom. The fourth-order valence-electron chi connectivity index (χ4n) is 1.96. The molecule has 0 bridgehead atoms. The first kappa shape index (κ1) is 13.5. The maximum absolute atomic E-state index is 14.0. The molecule has 0 aliphatic heterocycles. The third kappa shape index (κ3) is 2.01. The Kier molecular flexibility index (Phi) is 3.25. The minimum atomic E-state index is -3.85. The van der Waals surface area contributed by atoms with E-state index in [0.717, 1.165) is 10.0 Å². The van der Waals surface area contributed by atoms with Gasteiger partial charge >= 0.3 is 0 Å². The van der Waals surface area contributed by atoms with Crippen LogP contribution in [0.15, 0.2) is 53.6 Å². The predicted octanol–water partition coefficient (Wildman–Crippen LogP) is 3.02. The Bertz CT molecular complexity index is 891. The molecule has 0 unspecified atom stereocenters. The third-order valence-electron chi connectivity index (χ3n) is 2.84. The molecule has 0 radical (unpaired) electrons. The molecule has 0 fully saturated rings. The highest BCUT2D eigenvalue weighted by atomic mass is 127. The van der Waals surface area contributed by atoms with Gasteiger partial charge in [0.2, 0.25) is 0 Å². The Labute approximate surface area is 128 Å². The number of pyridine rings is 1. The van der Waals surface area contributed by atoms with E-state index in [2.05, 4.69) is 4.98 Å². The monoisotopic (exact) mass is 402 g/mol. The largest absolute Gasteiger partial charge is 0.269 e. The number of rotatable bonds is 2. The van der Waals surface area contributed by atoms with Crippen molar-refractivity contribution in [2.45, 2.75) is 4.90 Å². The molecule has 0 saturated heterocycles. The van der Waals surface area contributed by atoms with Crippen LogP contribution < -0.4 is 0 Å². The van der Waals surface area contributed by atoms with E-state index >= 15 is 0 Å². The molecule has 3 rings (SSSR count). The molecule has 0 aliphatic carbocycles. The van der Waals surface area contributed by atoms with Crippen LogP contribution in [-0.4, -0.2) is 17.4 Å². The van der Waals surface area contributed by atoms with Crippen LogP contribution in [0.5, 0.6) is 0 Å². The lowest BCUT2D eigenvalue weighted by atomic mass is 10.4. The van der Waals surface area contributed by atoms with E-state index in [4.69, 9.17) is 0 Å². The maximum atomic E-state index is 14.0. The molecule has 1 aromatic carbocycles. The summed E-state index contributed by atoms with van der Waals surface area (Å²) in [6, 6.07) is 10.6. The zero-order valence-electron chi connectivity index (χ0n) is 9.99. The van der Waals surface area contributed by atoms with E-state index in [1.54, 1.807) is 24.3 Å². The molecular weight excluding hydrogens is 394 g/mol. The lowest BCUT2D eigenvalue weighted by molar-refractivity contribution is 0.585. The fraction of sp³-hybridized carbons (Fsp3) is 0. The zero-order valence-corrected chi connectivity index (χ0v) is 13.0. The van der Waals surface area contributed by atoms with Crippen LogP contribution in [0, 0.1) is 9.52 Å². The van der Waals surface area contributed by atoms with Gasteiger partial charge in [-0.1, -0.05) is 18.2 Å². The molecule has 2 aromatic heterocycles. The second kappa shape index (κ2) is 4.81. The van der Waals surface area contributed by atoms with E-state index in [0.29, 0.717) is 9.22 Å². The van der Waals surface area contributed by atoms with Crippen molar-refractivity contribution in [3.05, 3.63) is 58.2 Å². The number of benzene rings is 1. The summed E-state index contributed by atoms with van der Waals surface area (Å²) >= 11 is 1.86. The number of nitrogens with zero attached hydrogens (tertiary/aromatic N) is 2. The van der Waals surface area contributed by atoms with Gasteiger partial charge in [0, 0.05) is 6.20 Å². The Morgan fingerprint density at radius 2 is 1.85 bits per heavy atom. The van der Waals surface area contributed by atoms with E-state index in [1.807, 2.05) is 22.6 Å². The first-order valence-electron chi connectivity index (χ1n) is 5.64. The zero-order chi connectivity index (χ0) is 14.3. The number of aromatic nitrogens is 2. The molecule has 7 heteroatoms. The quantitative estimate of drug-likeness (QED) is 0.620. The molecule has 0 saturated carbocycles. The van der Waals surface area contributed by atoms with Gasteiger partial charge in [0.25, 0.3) is 10.0 Å². The smallest absolute Gasteiger partial charge is 0.254 e. The molecule has 0 atom stereocenters. The lowest BCUT2D eigenvalue weighted by Crippen LogP contribution is -2.15. The van der Waals surface area contributed by atoms with Crippen molar-refractivity contribution in [3.63, 3.8) is 0 Å². The Balaban J connectivity index is 2.38. The molecule has 2 heterocycles. The second-order valence-electron chi connectivity index (χ2n) is 4.08. The summed E-state index contributed by atoms with van der Waals surface area (Å²) in [7, 11) is -3.85. The normalized spacial score (nSPS) is 11.9. The average molecular weight is 402 g/mol. The van der Waals surface area contributed by atoms with Crippen molar-refractivity contribution in [2.75, 3.05) is 0 Å². The van der Waals surface area contributed by atoms with Gasteiger partial charge in [0.15, 0.2) is 5.82 Å². The molecule has 4 nitrogen and oxygen atoms in total. The Hall–Kier alpha value is -1.48. The number of hydrogen-bond donors (Lipinski definition) is 0. The topological polar surface area (TPSA) is 52.0 Å². The average Bonchev–Trinajstić information content (AvgIpc) is 2.78. The van der Waals surface area contributed by atoms with Gasteiger partial charge in [-0.3, -0.25) is 4.98 Å². The van der Waals surface area contributed by atoms with Gasteiger partial charge in [-0.15, -0.1) is 0 Å². The van der Waals surface area contributed by atoms with Gasteiger partial charge in [0.05, 0.1) is 14.1 Å². The van der Waals surface area contributed by atoms with Crippen molar-refractivity contribution in [2.24, 2.45) is 0 Å². The van der Waals surface area contributed by atoms with Gasteiger partial charge in [-0.2, -0.15) is 0 Å². The number of hydrogen-bond acceptors (Lipinski definition) is 3. The first-order valence-corrected chi connectivity index (χ1v) is 8.16. The van der Waals surface area contributed by atoms with Gasteiger partial charge in [-0.25, -0.2) is 16.8 Å². The highest BCUT2D eigenvalue weighted by molar-refractivity contribution is 14.1. The molecule has 0 spiro atoms. The number of halogens is 2. The standard InChI is InChI=1S/C13H8FIN2O2S/c14-10-6-7-16-11-8-12(15)17(13(10)11)20(18,19)9-4-2-1-3-5-9/h1-8H. The second-order valence-corrected chi connectivity index (χ2v) is 6.97. The maximum Gasteiger partial charge on any atom is 0.269 e. The van der Waals surface area contributed by atoms with Gasteiger partial charge < -0.3 is 0 Å². The van der Waals surface area contributed by atoms with Crippen molar-refractivity contribution in [3.8, 4) is 0 Å². The van der Waals surface area contributed by atoms with Crippen LogP contribution in [0.3, 0.4) is 0 Å². The minimum absolute atomic E-state index is 0.0271. The fourth-order valence-corrected chi connectivity index (χ4v) is 4.69. The molecule has 0 N–H and O–H groups in total. The van der Waals surface area contributed by atoms with Crippen LogP contribution in [0.4, 0.5) is 4.39 Å². The summed E-state index contributed by atoms with van der Waals surface area (Å²) in [5, 5.41) is 0.